The Balaban J connectivity index is 1.77. The van der Waals surface area contributed by atoms with Crippen molar-refractivity contribution in [1.29, 1.82) is 0 Å². The first-order valence-electron chi connectivity index (χ1n) is 7.27. The smallest absolute Gasteiger partial charge is 0.308 e. The minimum atomic E-state index is -0.780. The number of amides is 1. The summed E-state index contributed by atoms with van der Waals surface area (Å²) in [5, 5.41) is 12.4. The quantitative estimate of drug-likeness (QED) is 0.879. The maximum absolute atomic E-state index is 12.4. The molecule has 0 aliphatic heterocycles. The van der Waals surface area contributed by atoms with Gasteiger partial charge in [0.1, 0.15) is 0 Å². The van der Waals surface area contributed by atoms with Crippen LogP contribution in [0.4, 0.5) is 0 Å². The molecule has 0 aromatic heterocycles. The fraction of sp³-hybridized carbons (Fsp3) is 0.500. The minimum absolute atomic E-state index is 0.181. The van der Waals surface area contributed by atoms with Crippen molar-refractivity contribution in [3.8, 4) is 0 Å². The van der Waals surface area contributed by atoms with Crippen molar-refractivity contribution in [1.82, 2.24) is 5.32 Å². The number of hydrogen-bond donors (Lipinski definition) is 2. The van der Waals surface area contributed by atoms with E-state index >= 15 is 0 Å². The average Bonchev–Trinajstić information content (AvgIpc) is 3.02. The van der Waals surface area contributed by atoms with E-state index in [1.807, 2.05) is 13.0 Å². The van der Waals surface area contributed by atoms with Gasteiger partial charge in [0.2, 0.25) is 0 Å². The summed E-state index contributed by atoms with van der Waals surface area (Å²) >= 11 is 3.42. The molecule has 1 aromatic rings. The molecule has 0 radical (unpaired) electrons. The summed E-state index contributed by atoms with van der Waals surface area (Å²) in [5.41, 5.74) is 1.63. The van der Waals surface area contributed by atoms with Crippen LogP contribution in [-0.4, -0.2) is 23.0 Å². The molecule has 0 spiro atoms. The van der Waals surface area contributed by atoms with E-state index in [9.17, 15) is 14.7 Å². The van der Waals surface area contributed by atoms with Crippen molar-refractivity contribution in [2.75, 3.05) is 0 Å². The minimum Gasteiger partial charge on any atom is -0.481 e. The molecule has 5 heteroatoms. The number of rotatable bonds is 3. The molecule has 2 fully saturated rings. The van der Waals surface area contributed by atoms with Gasteiger partial charge in [-0.1, -0.05) is 22.0 Å². The van der Waals surface area contributed by atoms with Crippen LogP contribution in [0.3, 0.4) is 0 Å². The summed E-state index contributed by atoms with van der Waals surface area (Å²) in [7, 11) is 0. The van der Waals surface area contributed by atoms with E-state index in [2.05, 4.69) is 21.2 Å². The highest BCUT2D eigenvalue weighted by atomic mass is 79.9. The fourth-order valence-electron chi connectivity index (χ4n) is 3.82. The van der Waals surface area contributed by atoms with E-state index in [1.165, 1.54) is 0 Å². The van der Waals surface area contributed by atoms with E-state index < -0.39 is 11.9 Å². The van der Waals surface area contributed by atoms with Gasteiger partial charge < -0.3 is 10.4 Å². The molecule has 4 atom stereocenters. The van der Waals surface area contributed by atoms with Crippen LogP contribution >= 0.6 is 15.9 Å². The summed E-state index contributed by atoms with van der Waals surface area (Å²) in [6, 6.07) is 5.22. The molecular weight excluding hydrogens is 334 g/mol. The lowest BCUT2D eigenvalue weighted by Gasteiger charge is -2.28. The summed E-state index contributed by atoms with van der Waals surface area (Å²) in [5.74, 6) is -0.852. The predicted octanol–water partition coefficient (Wildman–Crippen LogP) is 2.99. The second-order valence-electron chi connectivity index (χ2n) is 6.16. The first-order valence-corrected chi connectivity index (χ1v) is 8.06. The van der Waals surface area contributed by atoms with E-state index in [4.69, 9.17) is 0 Å². The second-order valence-corrected chi connectivity index (χ2v) is 7.01. The molecule has 0 heterocycles. The van der Waals surface area contributed by atoms with Crippen LogP contribution in [0.25, 0.3) is 0 Å². The zero-order valence-corrected chi connectivity index (χ0v) is 13.4. The van der Waals surface area contributed by atoms with Crippen molar-refractivity contribution in [2.24, 2.45) is 17.8 Å². The van der Waals surface area contributed by atoms with Crippen molar-refractivity contribution in [2.45, 2.75) is 32.2 Å². The Morgan fingerprint density at radius 3 is 2.67 bits per heavy atom. The maximum atomic E-state index is 12.4. The zero-order valence-electron chi connectivity index (χ0n) is 11.8. The second kappa shape index (κ2) is 5.44. The van der Waals surface area contributed by atoms with E-state index in [-0.39, 0.29) is 17.9 Å². The molecule has 1 aromatic carbocycles. The lowest BCUT2D eigenvalue weighted by molar-refractivity contribution is -0.144. The Labute approximate surface area is 132 Å². The molecule has 4 nitrogen and oxygen atoms in total. The number of carbonyl (C=O) groups is 2. The van der Waals surface area contributed by atoms with Crippen LogP contribution in [0.1, 0.15) is 35.2 Å². The molecular formula is C16H18BrNO3. The lowest BCUT2D eigenvalue weighted by Crippen LogP contribution is -2.46. The number of nitrogens with one attached hydrogen (secondary N) is 1. The normalized spacial score (nSPS) is 30.4. The number of hydrogen-bond acceptors (Lipinski definition) is 2. The highest BCUT2D eigenvalue weighted by Crippen LogP contribution is 2.48. The van der Waals surface area contributed by atoms with Crippen LogP contribution in [-0.2, 0) is 4.79 Å². The van der Waals surface area contributed by atoms with Gasteiger partial charge in [0.15, 0.2) is 0 Å². The molecule has 4 unspecified atom stereocenters. The summed E-state index contributed by atoms with van der Waals surface area (Å²) in [6.45, 7) is 1.96. The molecule has 2 N–H and O–H groups in total. The number of carboxylic acids is 1. The number of carboxylic acid groups (broad SMARTS) is 1. The maximum Gasteiger partial charge on any atom is 0.308 e. The third-order valence-corrected chi connectivity index (χ3v) is 5.79. The Hall–Kier alpha value is -1.36. The lowest BCUT2D eigenvalue weighted by atomic mass is 9.84. The van der Waals surface area contributed by atoms with Gasteiger partial charge >= 0.3 is 5.97 Å². The van der Waals surface area contributed by atoms with E-state index in [0.717, 1.165) is 29.3 Å². The van der Waals surface area contributed by atoms with Crippen molar-refractivity contribution >= 4 is 27.8 Å². The van der Waals surface area contributed by atoms with Gasteiger partial charge in [-0.2, -0.15) is 0 Å². The van der Waals surface area contributed by atoms with E-state index in [1.54, 1.807) is 12.1 Å². The van der Waals surface area contributed by atoms with Gasteiger partial charge in [-0.15, -0.1) is 0 Å². The summed E-state index contributed by atoms with van der Waals surface area (Å²) in [6.07, 6.45) is 2.93. The van der Waals surface area contributed by atoms with Crippen LogP contribution < -0.4 is 5.32 Å². The number of halogens is 1. The number of carbonyl (C=O) groups excluding carboxylic acids is 1. The van der Waals surface area contributed by atoms with Gasteiger partial charge in [0, 0.05) is 16.1 Å². The fourth-order valence-corrected chi connectivity index (χ4v) is 4.20. The van der Waals surface area contributed by atoms with Gasteiger partial charge in [0.25, 0.3) is 5.91 Å². The standard InChI is InChI=1S/C16H18BrNO3/c1-8-2-3-11(7-12(8)17)15(19)18-14-10-5-4-9(6-10)13(14)16(20)21/h2-3,7,9-10,13-14H,4-6H2,1H3,(H,18,19)(H,20,21). The molecule has 2 aliphatic carbocycles. The molecule has 2 saturated carbocycles. The van der Waals surface area contributed by atoms with Crippen molar-refractivity contribution < 1.29 is 14.7 Å². The molecule has 2 aliphatic rings. The predicted molar refractivity (Wildman–Crippen MR) is 82.1 cm³/mol. The number of aryl methyl sites for hydroxylation is 1. The zero-order chi connectivity index (χ0) is 15.1. The molecule has 1 amide bonds. The van der Waals surface area contributed by atoms with Crippen LogP contribution in [0.2, 0.25) is 0 Å². The third kappa shape index (κ3) is 2.59. The SMILES string of the molecule is Cc1ccc(C(=O)NC2C3CCC(C3)C2C(=O)O)cc1Br. The Morgan fingerprint density at radius 1 is 1.29 bits per heavy atom. The highest BCUT2D eigenvalue weighted by Gasteiger charge is 2.51. The monoisotopic (exact) mass is 351 g/mol. The van der Waals surface area contributed by atoms with Crippen LogP contribution in [0.15, 0.2) is 22.7 Å². The Morgan fingerprint density at radius 2 is 2.00 bits per heavy atom. The summed E-state index contributed by atoms with van der Waals surface area (Å²) < 4.78 is 0.887. The number of aliphatic carboxylic acids is 1. The van der Waals surface area contributed by atoms with Gasteiger partial charge in [-0.05, 0) is 55.7 Å². The Kier molecular flexibility index (Phi) is 3.78. The first-order chi connectivity index (χ1) is 9.97. The first kappa shape index (κ1) is 14.6. The average molecular weight is 352 g/mol. The number of benzene rings is 1. The summed E-state index contributed by atoms with van der Waals surface area (Å²) in [4.78, 5) is 23.8. The molecule has 112 valence electrons. The highest BCUT2D eigenvalue weighted by molar-refractivity contribution is 9.10. The van der Waals surface area contributed by atoms with Crippen molar-refractivity contribution in [3.63, 3.8) is 0 Å². The largest absolute Gasteiger partial charge is 0.481 e. The number of fused-ring (bicyclic) bond motifs is 2. The third-order valence-electron chi connectivity index (χ3n) is 4.93. The van der Waals surface area contributed by atoms with Gasteiger partial charge in [0.05, 0.1) is 5.92 Å². The Bertz CT molecular complexity index is 601. The molecule has 21 heavy (non-hydrogen) atoms. The van der Waals surface area contributed by atoms with E-state index in [0.29, 0.717) is 11.5 Å². The molecule has 3 rings (SSSR count). The van der Waals surface area contributed by atoms with Crippen LogP contribution in [0, 0.1) is 24.7 Å². The van der Waals surface area contributed by atoms with Gasteiger partial charge in [-0.25, -0.2) is 0 Å². The molecule has 0 saturated heterocycles. The van der Waals surface area contributed by atoms with Crippen molar-refractivity contribution in [3.05, 3.63) is 33.8 Å². The molecule has 2 bridgehead atoms. The van der Waals surface area contributed by atoms with Gasteiger partial charge in [-0.3, -0.25) is 9.59 Å². The van der Waals surface area contributed by atoms with Crippen LogP contribution in [0.5, 0.6) is 0 Å². The topological polar surface area (TPSA) is 66.4 Å².